The third-order valence-electron chi connectivity index (χ3n) is 6.50. The molecule has 164 valence electrons. The number of urea groups is 1. The summed E-state index contributed by atoms with van der Waals surface area (Å²) in [4.78, 5) is 23.9. The topological polar surface area (TPSA) is 67.4 Å². The Hall–Kier alpha value is -1.59. The molecular weight excluding hydrogens is 371 g/mol. The molecule has 4 aliphatic rings. The summed E-state index contributed by atoms with van der Waals surface area (Å²) in [5, 5.41) is 6.30. The predicted molar refractivity (Wildman–Crippen MR) is 111 cm³/mol. The second kappa shape index (κ2) is 9.05. The average Bonchev–Trinajstić information content (AvgIpc) is 2.57. The van der Waals surface area contributed by atoms with Crippen molar-refractivity contribution < 1.29 is 18.7 Å². The fraction of sp³-hybridized carbons (Fsp3) is 0.826. The average molecular weight is 409 g/mol. The van der Waals surface area contributed by atoms with Gasteiger partial charge in [0.1, 0.15) is 5.60 Å². The van der Waals surface area contributed by atoms with E-state index in [4.69, 9.17) is 4.74 Å². The molecule has 0 radical (unpaired) electrons. The molecule has 0 spiro atoms. The lowest BCUT2D eigenvalue weighted by atomic mass is 9.53. The maximum atomic E-state index is 13.7. The number of hydrogen-bond acceptors (Lipinski definition) is 3. The van der Waals surface area contributed by atoms with Gasteiger partial charge < -0.3 is 15.4 Å². The summed E-state index contributed by atoms with van der Waals surface area (Å²) >= 11 is 0. The highest BCUT2D eigenvalue weighted by molar-refractivity contribution is 5.86. The molecule has 6 heteroatoms. The zero-order valence-corrected chi connectivity index (χ0v) is 18.2. The van der Waals surface area contributed by atoms with E-state index in [1.807, 2.05) is 0 Å². The Kier molecular flexibility index (Phi) is 6.90. The monoisotopic (exact) mass is 408 g/mol. The highest BCUT2D eigenvalue weighted by Gasteiger charge is 2.51. The molecule has 4 aliphatic carbocycles. The van der Waals surface area contributed by atoms with Crippen molar-refractivity contribution in [2.45, 2.75) is 96.1 Å². The molecule has 2 N–H and O–H groups in total. The van der Waals surface area contributed by atoms with E-state index >= 15 is 0 Å². The highest BCUT2D eigenvalue weighted by atomic mass is 19.1. The van der Waals surface area contributed by atoms with Crippen molar-refractivity contribution >= 4 is 12.0 Å². The number of unbranched alkanes of at least 4 members (excludes halogenated alkanes) is 3. The summed E-state index contributed by atoms with van der Waals surface area (Å²) in [6.07, 6.45) is 11.8. The van der Waals surface area contributed by atoms with Gasteiger partial charge in [0, 0.05) is 12.1 Å². The summed E-state index contributed by atoms with van der Waals surface area (Å²) in [6, 6.07) is -0.0391. The van der Waals surface area contributed by atoms with Crippen LogP contribution in [0.1, 0.15) is 85.0 Å². The molecule has 0 atom stereocenters. The summed E-state index contributed by atoms with van der Waals surface area (Å²) in [5.74, 6) is 0.718. The van der Waals surface area contributed by atoms with Crippen LogP contribution in [0.15, 0.2) is 11.9 Å². The van der Waals surface area contributed by atoms with Crippen LogP contribution in [-0.4, -0.2) is 29.7 Å². The molecule has 0 unspecified atom stereocenters. The molecule has 4 saturated carbocycles. The molecule has 4 rings (SSSR count). The Balaban J connectivity index is 1.27. The van der Waals surface area contributed by atoms with E-state index < -0.39 is 17.4 Å². The van der Waals surface area contributed by atoms with Gasteiger partial charge in [0.25, 0.3) is 0 Å². The Morgan fingerprint density at radius 1 is 1.03 bits per heavy atom. The second-order valence-corrected chi connectivity index (χ2v) is 10.5. The van der Waals surface area contributed by atoms with Crippen LogP contribution in [0.2, 0.25) is 0 Å². The van der Waals surface area contributed by atoms with Crippen molar-refractivity contribution in [2.24, 2.45) is 17.8 Å². The summed E-state index contributed by atoms with van der Waals surface area (Å²) in [6.45, 7) is 5.76. The van der Waals surface area contributed by atoms with Gasteiger partial charge in [-0.1, -0.05) is 6.42 Å². The third kappa shape index (κ3) is 6.45. The summed E-state index contributed by atoms with van der Waals surface area (Å²) in [5.41, 5.74) is -0.645. The van der Waals surface area contributed by atoms with Crippen molar-refractivity contribution in [2.75, 3.05) is 6.54 Å². The van der Waals surface area contributed by atoms with Crippen LogP contribution >= 0.6 is 0 Å². The minimum Gasteiger partial charge on any atom is -0.455 e. The van der Waals surface area contributed by atoms with E-state index in [9.17, 15) is 14.0 Å². The van der Waals surface area contributed by atoms with Crippen LogP contribution in [0.25, 0.3) is 0 Å². The van der Waals surface area contributed by atoms with Crippen molar-refractivity contribution in [3.63, 3.8) is 0 Å². The quantitative estimate of drug-likeness (QED) is 0.337. The Bertz CT molecular complexity index is 603. The molecule has 0 aliphatic heterocycles. The second-order valence-electron chi connectivity index (χ2n) is 10.5. The minimum absolute atomic E-state index is 0.0391. The van der Waals surface area contributed by atoms with Crippen molar-refractivity contribution in [3.8, 4) is 0 Å². The maximum absolute atomic E-state index is 13.7. The van der Waals surface area contributed by atoms with E-state index in [1.165, 1.54) is 25.3 Å². The third-order valence-corrected chi connectivity index (χ3v) is 6.50. The standard InChI is InChI=1S/C23H37FN2O3/c1-22(2,3)29-20(27)19(24)8-6-4-5-7-9-25-21(28)26-23-13-16-10-17(14-23)12-18(11-16)15-23/h8,16-18H,4-7,9-15H2,1-3H3,(H2,25,26,28)/b19-8-. The number of allylic oxidation sites excluding steroid dienone is 1. The molecular formula is C23H37FN2O3. The van der Waals surface area contributed by atoms with E-state index in [1.54, 1.807) is 20.8 Å². The van der Waals surface area contributed by atoms with Gasteiger partial charge in [-0.15, -0.1) is 0 Å². The first-order chi connectivity index (χ1) is 13.6. The molecule has 5 nitrogen and oxygen atoms in total. The van der Waals surface area contributed by atoms with Gasteiger partial charge in [-0.25, -0.2) is 9.59 Å². The fourth-order valence-electron chi connectivity index (χ4n) is 5.84. The SMILES string of the molecule is CC(C)(C)OC(=O)/C(F)=C/CCCCCNC(=O)NC12CC3CC(CC(C3)C1)C2. The Morgan fingerprint density at radius 2 is 1.62 bits per heavy atom. The Morgan fingerprint density at radius 3 is 2.17 bits per heavy atom. The van der Waals surface area contributed by atoms with Gasteiger partial charge in [-0.05, 0) is 102 Å². The first-order valence-corrected chi connectivity index (χ1v) is 11.3. The van der Waals surface area contributed by atoms with Crippen molar-refractivity contribution in [1.29, 1.82) is 0 Å². The molecule has 4 bridgehead atoms. The number of nitrogens with one attached hydrogen (secondary N) is 2. The van der Waals surface area contributed by atoms with Crippen molar-refractivity contribution in [3.05, 3.63) is 11.9 Å². The lowest BCUT2D eigenvalue weighted by Gasteiger charge is -2.56. The van der Waals surface area contributed by atoms with Gasteiger partial charge >= 0.3 is 12.0 Å². The number of carbonyl (C=O) groups excluding carboxylic acids is 2. The molecule has 2 amide bonds. The lowest BCUT2D eigenvalue weighted by molar-refractivity contribution is -0.151. The highest BCUT2D eigenvalue weighted by Crippen LogP contribution is 2.55. The van der Waals surface area contributed by atoms with Crippen molar-refractivity contribution in [1.82, 2.24) is 10.6 Å². The number of amides is 2. The van der Waals surface area contributed by atoms with Gasteiger partial charge in [0.15, 0.2) is 0 Å². The normalized spacial score (nSPS) is 30.9. The lowest BCUT2D eigenvalue weighted by Crippen LogP contribution is -2.61. The number of rotatable bonds is 8. The molecule has 0 aromatic carbocycles. The Labute approximate surface area is 174 Å². The summed E-state index contributed by atoms with van der Waals surface area (Å²) in [7, 11) is 0. The number of hydrogen-bond donors (Lipinski definition) is 2. The molecule has 0 saturated heterocycles. The van der Waals surface area contributed by atoms with Crippen LogP contribution < -0.4 is 10.6 Å². The zero-order chi connectivity index (χ0) is 21.1. The molecule has 0 aromatic heterocycles. The van der Waals surface area contributed by atoms with E-state index in [-0.39, 0.29) is 11.6 Å². The maximum Gasteiger partial charge on any atom is 0.367 e. The van der Waals surface area contributed by atoms with Gasteiger partial charge in [-0.2, -0.15) is 4.39 Å². The molecule has 4 fully saturated rings. The first kappa shape index (κ1) is 22.1. The van der Waals surface area contributed by atoms with Crippen LogP contribution in [0.3, 0.4) is 0 Å². The number of esters is 1. The molecule has 0 aromatic rings. The van der Waals surface area contributed by atoms with Crippen LogP contribution in [0.4, 0.5) is 9.18 Å². The van der Waals surface area contributed by atoms with Gasteiger partial charge in [-0.3, -0.25) is 0 Å². The number of halogens is 1. The molecule has 29 heavy (non-hydrogen) atoms. The zero-order valence-electron chi connectivity index (χ0n) is 18.2. The predicted octanol–water partition coefficient (Wildman–Crippen LogP) is 5.01. The van der Waals surface area contributed by atoms with E-state index in [0.717, 1.165) is 56.3 Å². The largest absolute Gasteiger partial charge is 0.455 e. The van der Waals surface area contributed by atoms with Crippen LogP contribution in [0, 0.1) is 17.8 Å². The van der Waals surface area contributed by atoms with E-state index in [0.29, 0.717) is 13.0 Å². The first-order valence-electron chi connectivity index (χ1n) is 11.3. The van der Waals surface area contributed by atoms with Crippen LogP contribution in [-0.2, 0) is 9.53 Å². The smallest absolute Gasteiger partial charge is 0.367 e. The summed E-state index contributed by atoms with van der Waals surface area (Å²) < 4.78 is 18.7. The molecule has 0 heterocycles. The number of carbonyl (C=O) groups is 2. The van der Waals surface area contributed by atoms with Gasteiger partial charge in [0.05, 0.1) is 0 Å². The fourth-order valence-corrected chi connectivity index (χ4v) is 5.84. The van der Waals surface area contributed by atoms with Crippen LogP contribution in [0.5, 0.6) is 0 Å². The van der Waals surface area contributed by atoms with E-state index in [2.05, 4.69) is 10.6 Å². The van der Waals surface area contributed by atoms with Gasteiger partial charge in [0.2, 0.25) is 5.83 Å². The minimum atomic E-state index is -0.902. The number of ether oxygens (including phenoxy) is 1.